The van der Waals surface area contributed by atoms with Crippen molar-refractivity contribution in [2.75, 3.05) is 26.7 Å². The molecule has 0 aliphatic carbocycles. The summed E-state index contributed by atoms with van der Waals surface area (Å²) in [7, 11) is 2.02. The SMILES string of the molecule is CCC(CC)(CN)N(C)CCO. The third-order valence-corrected chi connectivity index (χ3v) is 2.94. The second kappa shape index (κ2) is 5.51. The highest BCUT2D eigenvalue weighted by Crippen LogP contribution is 2.20. The number of β-amino-alcohol motifs (C(OH)–C–C–N with tert-alkyl or cyclic N) is 1. The van der Waals surface area contributed by atoms with Crippen molar-refractivity contribution < 1.29 is 5.11 Å². The topological polar surface area (TPSA) is 49.5 Å². The molecule has 0 spiro atoms. The molecule has 74 valence electrons. The number of rotatable bonds is 6. The van der Waals surface area contributed by atoms with Gasteiger partial charge in [0.25, 0.3) is 0 Å². The summed E-state index contributed by atoms with van der Waals surface area (Å²) in [5.41, 5.74) is 5.82. The molecule has 0 bridgehead atoms. The minimum atomic E-state index is 0.0860. The largest absolute Gasteiger partial charge is 0.395 e. The van der Waals surface area contributed by atoms with Crippen molar-refractivity contribution in [3.8, 4) is 0 Å². The standard InChI is InChI=1S/C9H22N2O/c1-4-9(5-2,8-10)11(3)6-7-12/h12H,4-8,10H2,1-3H3. The van der Waals surface area contributed by atoms with Gasteiger partial charge in [0, 0.05) is 18.6 Å². The summed E-state index contributed by atoms with van der Waals surface area (Å²) in [6, 6.07) is 0. The molecular weight excluding hydrogens is 152 g/mol. The Morgan fingerprint density at radius 1 is 1.33 bits per heavy atom. The Labute approximate surface area is 75.6 Å². The third kappa shape index (κ3) is 2.44. The lowest BCUT2D eigenvalue weighted by Crippen LogP contribution is -2.52. The van der Waals surface area contributed by atoms with E-state index in [9.17, 15) is 0 Å². The van der Waals surface area contributed by atoms with Crippen molar-refractivity contribution in [3.05, 3.63) is 0 Å². The molecule has 0 aliphatic rings. The van der Waals surface area contributed by atoms with E-state index in [0.717, 1.165) is 12.8 Å². The number of aliphatic hydroxyl groups excluding tert-OH is 1. The maximum absolute atomic E-state index is 8.80. The van der Waals surface area contributed by atoms with Crippen LogP contribution in [-0.2, 0) is 0 Å². The van der Waals surface area contributed by atoms with Crippen LogP contribution in [0.1, 0.15) is 26.7 Å². The number of aliphatic hydroxyl groups is 1. The quantitative estimate of drug-likeness (QED) is 0.614. The monoisotopic (exact) mass is 174 g/mol. The zero-order valence-electron chi connectivity index (χ0n) is 8.51. The van der Waals surface area contributed by atoms with Crippen molar-refractivity contribution in [2.45, 2.75) is 32.2 Å². The first-order valence-electron chi connectivity index (χ1n) is 4.69. The van der Waals surface area contributed by atoms with Crippen LogP contribution in [0.2, 0.25) is 0 Å². The lowest BCUT2D eigenvalue weighted by Gasteiger charge is -2.39. The molecule has 0 fully saturated rings. The fourth-order valence-electron chi connectivity index (χ4n) is 1.62. The van der Waals surface area contributed by atoms with Crippen molar-refractivity contribution >= 4 is 0 Å². The molecule has 0 rings (SSSR count). The van der Waals surface area contributed by atoms with Gasteiger partial charge < -0.3 is 10.8 Å². The van der Waals surface area contributed by atoms with Gasteiger partial charge in [0.15, 0.2) is 0 Å². The molecule has 0 radical (unpaired) electrons. The van der Waals surface area contributed by atoms with E-state index in [1.54, 1.807) is 0 Å². The highest BCUT2D eigenvalue weighted by molar-refractivity contribution is 4.87. The maximum atomic E-state index is 8.80. The second-order valence-electron chi connectivity index (χ2n) is 3.28. The van der Waals surface area contributed by atoms with Crippen molar-refractivity contribution in [1.82, 2.24) is 4.90 Å². The van der Waals surface area contributed by atoms with E-state index in [2.05, 4.69) is 18.7 Å². The molecule has 3 nitrogen and oxygen atoms in total. The van der Waals surface area contributed by atoms with Gasteiger partial charge in [0.1, 0.15) is 0 Å². The summed E-state index contributed by atoms with van der Waals surface area (Å²) in [5.74, 6) is 0. The molecule has 0 heterocycles. The van der Waals surface area contributed by atoms with Crippen molar-refractivity contribution in [3.63, 3.8) is 0 Å². The Balaban J connectivity index is 4.24. The molecule has 0 amide bonds. The van der Waals surface area contributed by atoms with Crippen LogP contribution >= 0.6 is 0 Å². The van der Waals surface area contributed by atoms with Crippen LogP contribution in [0.4, 0.5) is 0 Å². The van der Waals surface area contributed by atoms with Gasteiger partial charge in [0.05, 0.1) is 6.61 Å². The highest BCUT2D eigenvalue weighted by atomic mass is 16.3. The maximum Gasteiger partial charge on any atom is 0.0558 e. The van der Waals surface area contributed by atoms with Crippen LogP contribution in [0.3, 0.4) is 0 Å². The van der Waals surface area contributed by atoms with E-state index >= 15 is 0 Å². The van der Waals surface area contributed by atoms with E-state index in [4.69, 9.17) is 10.8 Å². The average molecular weight is 174 g/mol. The fourth-order valence-corrected chi connectivity index (χ4v) is 1.62. The summed E-state index contributed by atoms with van der Waals surface area (Å²) in [6.07, 6.45) is 2.08. The molecule has 0 saturated carbocycles. The van der Waals surface area contributed by atoms with Crippen LogP contribution in [-0.4, -0.2) is 42.3 Å². The first-order valence-corrected chi connectivity index (χ1v) is 4.69. The molecule has 3 heteroatoms. The smallest absolute Gasteiger partial charge is 0.0558 e. The number of nitrogens with two attached hydrogens (primary N) is 1. The number of hydrogen-bond donors (Lipinski definition) is 2. The van der Waals surface area contributed by atoms with Crippen LogP contribution in [0, 0.1) is 0 Å². The summed E-state index contributed by atoms with van der Waals surface area (Å²) in [5, 5.41) is 8.80. The normalized spacial score (nSPS) is 12.5. The van der Waals surface area contributed by atoms with Crippen molar-refractivity contribution in [2.24, 2.45) is 5.73 Å². The predicted molar refractivity (Wildman–Crippen MR) is 52.1 cm³/mol. The lowest BCUT2D eigenvalue weighted by atomic mass is 9.91. The molecule has 0 atom stereocenters. The lowest BCUT2D eigenvalue weighted by molar-refractivity contribution is 0.0919. The first-order chi connectivity index (χ1) is 5.66. The van der Waals surface area contributed by atoms with Gasteiger partial charge in [-0.05, 0) is 19.9 Å². The van der Waals surface area contributed by atoms with Gasteiger partial charge in [-0.15, -0.1) is 0 Å². The van der Waals surface area contributed by atoms with Gasteiger partial charge in [-0.2, -0.15) is 0 Å². The minimum absolute atomic E-state index is 0.0860. The second-order valence-corrected chi connectivity index (χ2v) is 3.28. The van der Waals surface area contributed by atoms with Gasteiger partial charge >= 0.3 is 0 Å². The van der Waals surface area contributed by atoms with E-state index in [0.29, 0.717) is 13.1 Å². The average Bonchev–Trinajstić information content (AvgIpc) is 2.09. The number of likely N-dealkylation sites (N-methyl/N-ethyl adjacent to an activating group) is 1. The molecule has 0 saturated heterocycles. The highest BCUT2D eigenvalue weighted by Gasteiger charge is 2.28. The predicted octanol–water partition coefficient (Wildman–Crippen LogP) is 0.428. The molecule has 0 aromatic carbocycles. The van der Waals surface area contributed by atoms with Crippen molar-refractivity contribution in [1.29, 1.82) is 0 Å². The van der Waals surface area contributed by atoms with E-state index < -0.39 is 0 Å². The Morgan fingerprint density at radius 3 is 2.08 bits per heavy atom. The molecule has 3 N–H and O–H groups in total. The Hall–Kier alpha value is -0.120. The van der Waals surface area contributed by atoms with E-state index in [1.807, 2.05) is 7.05 Å². The summed E-state index contributed by atoms with van der Waals surface area (Å²) >= 11 is 0. The number of nitrogens with zero attached hydrogens (tertiary/aromatic N) is 1. The Bertz CT molecular complexity index is 105. The van der Waals surface area contributed by atoms with Gasteiger partial charge in [-0.1, -0.05) is 13.8 Å². The zero-order chi connectivity index (χ0) is 9.61. The minimum Gasteiger partial charge on any atom is -0.395 e. The van der Waals surface area contributed by atoms with E-state index in [-0.39, 0.29) is 12.1 Å². The molecule has 0 aliphatic heterocycles. The summed E-state index contributed by atoms with van der Waals surface area (Å²) < 4.78 is 0. The number of hydrogen-bond acceptors (Lipinski definition) is 3. The first kappa shape index (κ1) is 11.9. The molecular formula is C9H22N2O. The Morgan fingerprint density at radius 2 is 1.83 bits per heavy atom. The zero-order valence-corrected chi connectivity index (χ0v) is 8.51. The van der Waals surface area contributed by atoms with Crippen LogP contribution in [0.25, 0.3) is 0 Å². The summed E-state index contributed by atoms with van der Waals surface area (Å²) in [4.78, 5) is 2.16. The van der Waals surface area contributed by atoms with Gasteiger partial charge in [-0.3, -0.25) is 4.90 Å². The molecule has 0 unspecified atom stereocenters. The molecule has 0 aromatic heterocycles. The van der Waals surface area contributed by atoms with Crippen LogP contribution in [0.5, 0.6) is 0 Å². The van der Waals surface area contributed by atoms with Gasteiger partial charge in [-0.25, -0.2) is 0 Å². The molecule has 0 aromatic rings. The fraction of sp³-hybridized carbons (Fsp3) is 1.00. The summed E-state index contributed by atoms with van der Waals surface area (Å²) in [6.45, 7) is 5.86. The van der Waals surface area contributed by atoms with E-state index in [1.165, 1.54) is 0 Å². The van der Waals surface area contributed by atoms with Crippen LogP contribution in [0.15, 0.2) is 0 Å². The molecule has 12 heavy (non-hydrogen) atoms. The van der Waals surface area contributed by atoms with Crippen LogP contribution < -0.4 is 5.73 Å². The third-order valence-electron chi connectivity index (χ3n) is 2.94. The Kier molecular flexibility index (Phi) is 5.46. The van der Waals surface area contributed by atoms with Gasteiger partial charge in [0.2, 0.25) is 0 Å².